The molecule has 0 radical (unpaired) electrons. The van der Waals surface area contributed by atoms with Gasteiger partial charge in [0.25, 0.3) is 0 Å². The van der Waals surface area contributed by atoms with E-state index in [9.17, 15) is 14.4 Å². The van der Waals surface area contributed by atoms with Gasteiger partial charge >= 0.3 is 6.03 Å². The molecule has 2 saturated heterocycles. The largest absolute Gasteiger partial charge is 0.340 e. The number of aromatic nitrogens is 2. The van der Waals surface area contributed by atoms with Crippen molar-refractivity contribution in [3.63, 3.8) is 0 Å². The quantitative estimate of drug-likeness (QED) is 0.395. The maximum absolute atomic E-state index is 13.7. The van der Waals surface area contributed by atoms with Crippen LogP contribution in [0, 0.1) is 23.1 Å². The molecule has 0 atom stereocenters. The van der Waals surface area contributed by atoms with Gasteiger partial charge in [0.2, 0.25) is 5.82 Å². The Bertz CT molecular complexity index is 1180. The zero-order chi connectivity index (χ0) is 29.4. The molecule has 1 aromatic carbocycles. The van der Waals surface area contributed by atoms with Crippen LogP contribution >= 0.6 is 15.9 Å². The zero-order valence-electron chi connectivity index (χ0n) is 24.3. The first-order valence-electron chi connectivity index (χ1n) is 14.4. The third-order valence-electron chi connectivity index (χ3n) is 7.71. The SMILES string of the molecule is CC(C)CN(NC(=O)N(CCCN1CCC(N2CCN(C)CC2)CC1)c1ccc(F)cc1)c1nc(C#N)ncc1Br. The van der Waals surface area contributed by atoms with Crippen molar-refractivity contribution < 1.29 is 9.18 Å². The van der Waals surface area contributed by atoms with E-state index in [1.807, 2.05) is 19.9 Å². The number of anilines is 2. The van der Waals surface area contributed by atoms with Gasteiger partial charge in [-0.2, -0.15) is 10.2 Å². The molecule has 2 aliphatic heterocycles. The zero-order valence-corrected chi connectivity index (χ0v) is 25.9. The van der Waals surface area contributed by atoms with E-state index in [0.29, 0.717) is 35.1 Å². The Kier molecular flexibility index (Phi) is 11.3. The van der Waals surface area contributed by atoms with Gasteiger partial charge in [0, 0.05) is 57.2 Å². The lowest BCUT2D eigenvalue weighted by Crippen LogP contribution is -2.53. The smallest absolute Gasteiger partial charge is 0.304 e. The van der Waals surface area contributed by atoms with Crippen LogP contribution < -0.4 is 15.3 Å². The van der Waals surface area contributed by atoms with E-state index in [2.05, 4.69) is 53.1 Å². The lowest BCUT2D eigenvalue weighted by molar-refractivity contribution is 0.0677. The lowest BCUT2D eigenvalue weighted by Gasteiger charge is -2.42. The second-order valence-corrected chi connectivity index (χ2v) is 12.1. The van der Waals surface area contributed by atoms with E-state index in [1.165, 1.54) is 31.2 Å². The molecule has 1 N–H and O–H groups in total. The summed E-state index contributed by atoms with van der Waals surface area (Å²) in [6.45, 7) is 12.6. The standard InChI is InChI=1S/C29H41BrFN9O/c1-22(2)21-40(28-26(30)20-33-27(19-32)34-28)35-29(41)39(25-7-5-23(31)6-8-25)12-4-11-37-13-9-24(10-14-37)38-17-15-36(3)16-18-38/h5-8,20,22,24H,4,9-18,21H2,1-3H3,(H,35,41). The molecule has 2 amide bonds. The number of hydrogen-bond donors (Lipinski definition) is 1. The van der Waals surface area contributed by atoms with Gasteiger partial charge in [0.15, 0.2) is 5.82 Å². The molecule has 41 heavy (non-hydrogen) atoms. The summed E-state index contributed by atoms with van der Waals surface area (Å²) in [6, 6.07) is 8.24. The molecule has 0 aliphatic carbocycles. The molecule has 0 bridgehead atoms. The van der Waals surface area contributed by atoms with Gasteiger partial charge in [-0.05, 0) is 92.1 Å². The number of hydrogen-bond acceptors (Lipinski definition) is 8. The van der Waals surface area contributed by atoms with E-state index in [1.54, 1.807) is 22.0 Å². The number of piperazine rings is 1. The van der Waals surface area contributed by atoms with E-state index in [4.69, 9.17) is 0 Å². The van der Waals surface area contributed by atoms with E-state index in [-0.39, 0.29) is 23.6 Å². The number of likely N-dealkylation sites (N-methyl/N-ethyl adjacent to an activating group) is 1. The fourth-order valence-corrected chi connectivity index (χ4v) is 5.85. The number of amides is 2. The number of carbonyl (C=O) groups excluding carboxylic acids is 1. The van der Waals surface area contributed by atoms with E-state index < -0.39 is 0 Å². The fraction of sp³-hybridized carbons (Fsp3) is 0.586. The Morgan fingerprint density at radius 2 is 1.85 bits per heavy atom. The summed E-state index contributed by atoms with van der Waals surface area (Å²) >= 11 is 3.45. The number of nitriles is 1. The van der Waals surface area contributed by atoms with Crippen LogP contribution in [-0.4, -0.2) is 103 Å². The van der Waals surface area contributed by atoms with Crippen LogP contribution in [0.1, 0.15) is 38.9 Å². The predicted octanol–water partition coefficient (Wildman–Crippen LogP) is 3.95. The van der Waals surface area contributed by atoms with Crippen LogP contribution in [0.4, 0.5) is 20.7 Å². The lowest BCUT2D eigenvalue weighted by atomic mass is 10.0. The molecule has 0 unspecified atom stereocenters. The number of rotatable bonds is 10. The number of benzene rings is 1. The number of carbonyl (C=O) groups is 1. The van der Waals surface area contributed by atoms with Gasteiger partial charge in [0.05, 0.1) is 4.47 Å². The van der Waals surface area contributed by atoms with Crippen LogP contribution in [0.15, 0.2) is 34.9 Å². The maximum atomic E-state index is 13.7. The van der Waals surface area contributed by atoms with Crippen LogP contribution in [0.2, 0.25) is 0 Å². The summed E-state index contributed by atoms with van der Waals surface area (Å²) in [4.78, 5) is 31.2. The number of hydrazine groups is 1. The van der Waals surface area contributed by atoms with Crippen molar-refractivity contribution in [3.05, 3.63) is 46.6 Å². The molecule has 0 spiro atoms. The highest BCUT2D eigenvalue weighted by Gasteiger charge is 2.27. The summed E-state index contributed by atoms with van der Waals surface area (Å²) in [6.07, 6.45) is 4.64. The minimum Gasteiger partial charge on any atom is -0.304 e. The highest BCUT2D eigenvalue weighted by atomic mass is 79.9. The van der Waals surface area contributed by atoms with E-state index in [0.717, 1.165) is 52.2 Å². The third kappa shape index (κ3) is 8.82. The molecule has 2 aliphatic rings. The first-order chi connectivity index (χ1) is 19.7. The van der Waals surface area contributed by atoms with Gasteiger partial charge in [-0.3, -0.25) is 14.8 Å². The third-order valence-corrected chi connectivity index (χ3v) is 8.27. The topological polar surface area (TPSA) is 94.9 Å². The number of piperidine rings is 1. The van der Waals surface area contributed by atoms with Crippen molar-refractivity contribution in [2.24, 2.45) is 5.92 Å². The molecule has 10 nitrogen and oxygen atoms in total. The van der Waals surface area contributed by atoms with Crippen molar-refractivity contribution in [2.75, 3.05) is 75.9 Å². The normalized spacial score (nSPS) is 17.4. The monoisotopic (exact) mass is 629 g/mol. The second-order valence-electron chi connectivity index (χ2n) is 11.3. The molecular weight excluding hydrogens is 589 g/mol. The fourth-order valence-electron chi connectivity index (χ4n) is 5.44. The average Bonchev–Trinajstić information content (AvgIpc) is 2.96. The molecule has 12 heteroatoms. The summed E-state index contributed by atoms with van der Waals surface area (Å²) in [5.74, 6) is 0.252. The van der Waals surface area contributed by atoms with Crippen molar-refractivity contribution in [1.29, 1.82) is 5.26 Å². The Balaban J connectivity index is 1.39. The van der Waals surface area contributed by atoms with Crippen LogP contribution in [0.25, 0.3) is 0 Å². The summed E-state index contributed by atoms with van der Waals surface area (Å²) in [5.41, 5.74) is 3.59. The highest BCUT2D eigenvalue weighted by molar-refractivity contribution is 9.10. The molecule has 222 valence electrons. The Morgan fingerprint density at radius 1 is 1.17 bits per heavy atom. The Labute approximate surface area is 251 Å². The van der Waals surface area contributed by atoms with Crippen molar-refractivity contribution in [1.82, 2.24) is 30.1 Å². The predicted molar refractivity (Wildman–Crippen MR) is 162 cm³/mol. The number of likely N-dealkylation sites (tertiary alicyclic amines) is 1. The first-order valence-corrected chi connectivity index (χ1v) is 15.2. The Hall–Kier alpha value is -2.85. The molecule has 2 aromatic rings. The highest BCUT2D eigenvalue weighted by Crippen LogP contribution is 2.24. The number of halogens is 2. The van der Waals surface area contributed by atoms with Gasteiger partial charge in [-0.1, -0.05) is 13.8 Å². The van der Waals surface area contributed by atoms with Gasteiger partial charge < -0.3 is 9.80 Å². The number of nitrogens with zero attached hydrogens (tertiary/aromatic N) is 8. The van der Waals surface area contributed by atoms with Crippen LogP contribution in [-0.2, 0) is 0 Å². The summed E-state index contributed by atoms with van der Waals surface area (Å²) in [7, 11) is 2.19. The molecule has 3 heterocycles. The summed E-state index contributed by atoms with van der Waals surface area (Å²) < 4.78 is 14.3. The average molecular weight is 631 g/mol. The second kappa shape index (κ2) is 14.9. The van der Waals surface area contributed by atoms with Crippen molar-refractivity contribution in [3.8, 4) is 6.07 Å². The van der Waals surface area contributed by atoms with Crippen molar-refractivity contribution >= 4 is 33.5 Å². The molecule has 0 saturated carbocycles. The van der Waals surface area contributed by atoms with E-state index >= 15 is 0 Å². The van der Waals surface area contributed by atoms with Crippen molar-refractivity contribution in [2.45, 2.75) is 39.2 Å². The maximum Gasteiger partial charge on any atom is 0.340 e. The molecule has 2 fully saturated rings. The minimum absolute atomic E-state index is 0.0120. The Morgan fingerprint density at radius 3 is 2.49 bits per heavy atom. The molecule has 4 rings (SSSR count). The molecular formula is C29H41BrFN9O. The number of urea groups is 1. The first kappa shape index (κ1) is 31.1. The van der Waals surface area contributed by atoms with Gasteiger partial charge in [-0.25, -0.2) is 19.6 Å². The van der Waals surface area contributed by atoms with Crippen LogP contribution in [0.5, 0.6) is 0 Å². The number of nitrogens with one attached hydrogen (secondary N) is 1. The summed E-state index contributed by atoms with van der Waals surface area (Å²) in [5, 5.41) is 10.9. The molecule has 1 aromatic heterocycles. The van der Waals surface area contributed by atoms with Gasteiger partial charge in [-0.15, -0.1) is 0 Å². The van der Waals surface area contributed by atoms with Gasteiger partial charge in [0.1, 0.15) is 11.9 Å². The minimum atomic E-state index is -0.354. The van der Waals surface area contributed by atoms with Crippen LogP contribution in [0.3, 0.4) is 0 Å².